The molecule has 7 nitrogen and oxygen atoms in total. The maximum absolute atomic E-state index is 12.1. The average Bonchev–Trinajstić information content (AvgIpc) is 2.83. The number of carboxylic acid groups (broad SMARTS) is 1. The quantitative estimate of drug-likeness (QED) is 0.616. The summed E-state index contributed by atoms with van der Waals surface area (Å²) in [5.41, 5.74) is 0.166. The van der Waals surface area contributed by atoms with E-state index in [0.717, 1.165) is 36.4 Å². The first-order valence-electron chi connectivity index (χ1n) is 8.31. The van der Waals surface area contributed by atoms with Crippen molar-refractivity contribution in [1.82, 2.24) is 4.90 Å². The lowest BCUT2D eigenvalue weighted by Gasteiger charge is -2.37. The van der Waals surface area contributed by atoms with Crippen LogP contribution in [0.1, 0.15) is 60.3 Å². The zero-order valence-electron chi connectivity index (χ0n) is 14.5. The zero-order valence-corrected chi connectivity index (χ0v) is 15.4. The van der Waals surface area contributed by atoms with Gasteiger partial charge in [-0.15, -0.1) is 11.3 Å². The van der Waals surface area contributed by atoms with Gasteiger partial charge in [0.05, 0.1) is 5.56 Å². The van der Waals surface area contributed by atoms with Gasteiger partial charge in [0.2, 0.25) is 0 Å². The molecule has 2 aliphatic heterocycles. The highest BCUT2D eigenvalue weighted by atomic mass is 32.1. The number of anilines is 1. The minimum Gasteiger partial charge on any atom is -0.478 e. The number of carbonyl (C=O) groups excluding carboxylic acids is 2. The van der Waals surface area contributed by atoms with Crippen LogP contribution < -0.4 is 5.32 Å². The number of rotatable bonds is 2. The summed E-state index contributed by atoms with van der Waals surface area (Å²) >= 11 is 1.25. The predicted molar refractivity (Wildman–Crippen MR) is 93.0 cm³/mol. The third kappa shape index (κ3) is 3.69. The van der Waals surface area contributed by atoms with Crippen LogP contribution in [0, 0.1) is 0 Å². The van der Waals surface area contributed by atoms with Crippen molar-refractivity contribution < 1.29 is 24.2 Å². The molecule has 2 bridgehead atoms. The Balaban J connectivity index is 1.89. The number of ether oxygens (including phenoxy) is 1. The topological polar surface area (TPSA) is 95.9 Å². The largest absolute Gasteiger partial charge is 0.478 e. The Morgan fingerprint density at radius 2 is 2.04 bits per heavy atom. The van der Waals surface area contributed by atoms with Crippen molar-refractivity contribution in [3.05, 3.63) is 16.0 Å². The lowest BCUT2D eigenvalue weighted by Crippen LogP contribution is -2.38. The number of fused-ring (bicyclic) bond motifs is 4. The zero-order chi connectivity index (χ0) is 18.4. The van der Waals surface area contributed by atoms with Crippen LogP contribution in [-0.2, 0) is 20.9 Å². The number of amides is 1. The molecule has 0 aromatic carbocycles. The molecule has 2 aliphatic rings. The minimum atomic E-state index is -1.07. The van der Waals surface area contributed by atoms with Gasteiger partial charge in [-0.2, -0.15) is 0 Å². The molecule has 1 fully saturated rings. The minimum absolute atomic E-state index is 0.128. The fourth-order valence-electron chi connectivity index (χ4n) is 3.46. The van der Waals surface area contributed by atoms with Gasteiger partial charge < -0.3 is 15.2 Å². The van der Waals surface area contributed by atoms with E-state index < -0.39 is 23.4 Å². The summed E-state index contributed by atoms with van der Waals surface area (Å²) in [5.74, 6) is -2.86. The van der Waals surface area contributed by atoms with Gasteiger partial charge >= 0.3 is 17.8 Å². The molecule has 3 rings (SSSR count). The van der Waals surface area contributed by atoms with Crippen LogP contribution in [-0.4, -0.2) is 46.5 Å². The molecule has 0 aliphatic carbocycles. The first kappa shape index (κ1) is 17.9. The second-order valence-electron chi connectivity index (χ2n) is 7.48. The molecule has 0 saturated carbocycles. The van der Waals surface area contributed by atoms with Crippen molar-refractivity contribution in [3.8, 4) is 0 Å². The number of carboxylic acids is 1. The lowest BCUT2D eigenvalue weighted by atomic mass is 9.85. The van der Waals surface area contributed by atoms with Gasteiger partial charge in [0.15, 0.2) is 0 Å². The van der Waals surface area contributed by atoms with Crippen LogP contribution in [0.5, 0.6) is 0 Å². The van der Waals surface area contributed by atoms with E-state index in [1.165, 1.54) is 11.3 Å². The molecule has 2 atom stereocenters. The second kappa shape index (κ2) is 6.42. The molecule has 25 heavy (non-hydrogen) atoms. The fourth-order valence-corrected chi connectivity index (χ4v) is 4.77. The molecule has 1 amide bonds. The van der Waals surface area contributed by atoms with E-state index in [1.807, 2.05) is 0 Å². The van der Waals surface area contributed by atoms with E-state index in [4.69, 9.17) is 4.74 Å². The first-order valence-corrected chi connectivity index (χ1v) is 9.13. The molecule has 1 aromatic rings. The normalized spacial score (nSPS) is 22.0. The fraction of sp³-hybridized carbons (Fsp3) is 0.588. The van der Waals surface area contributed by atoms with Crippen LogP contribution in [0.3, 0.4) is 0 Å². The van der Waals surface area contributed by atoms with E-state index >= 15 is 0 Å². The third-order valence-electron chi connectivity index (χ3n) is 4.33. The molecule has 0 radical (unpaired) electrons. The Morgan fingerprint density at radius 1 is 1.32 bits per heavy atom. The summed E-state index contributed by atoms with van der Waals surface area (Å²) in [7, 11) is 0. The Bertz CT molecular complexity index is 734. The van der Waals surface area contributed by atoms with Crippen molar-refractivity contribution in [1.29, 1.82) is 0 Å². The van der Waals surface area contributed by atoms with Gasteiger partial charge in [0.1, 0.15) is 10.6 Å². The summed E-state index contributed by atoms with van der Waals surface area (Å²) in [6.07, 6.45) is 1.98. The Hall–Kier alpha value is -1.93. The number of aromatic carboxylic acids is 1. The molecule has 3 heterocycles. The number of hydrogen-bond acceptors (Lipinski definition) is 6. The van der Waals surface area contributed by atoms with E-state index in [9.17, 15) is 19.5 Å². The van der Waals surface area contributed by atoms with E-state index in [2.05, 4.69) is 10.2 Å². The number of nitrogens with one attached hydrogen (secondary N) is 1. The van der Waals surface area contributed by atoms with Crippen LogP contribution in [0.4, 0.5) is 5.00 Å². The van der Waals surface area contributed by atoms with Crippen LogP contribution in [0.15, 0.2) is 0 Å². The first-order chi connectivity index (χ1) is 11.7. The summed E-state index contributed by atoms with van der Waals surface area (Å²) in [4.78, 5) is 39.1. The van der Waals surface area contributed by atoms with E-state index in [0.29, 0.717) is 6.54 Å². The number of thiophene rings is 1. The highest BCUT2D eigenvalue weighted by Gasteiger charge is 2.37. The van der Waals surface area contributed by atoms with Crippen LogP contribution in [0.2, 0.25) is 0 Å². The van der Waals surface area contributed by atoms with E-state index in [1.54, 1.807) is 20.8 Å². The summed E-state index contributed by atoms with van der Waals surface area (Å²) in [6.45, 7) is 7.55. The van der Waals surface area contributed by atoms with Crippen LogP contribution >= 0.6 is 11.3 Å². The van der Waals surface area contributed by atoms with Gasteiger partial charge in [-0.25, -0.2) is 9.59 Å². The number of piperidine rings is 1. The molecular formula is C17H22N2O5S. The molecule has 0 spiro atoms. The SMILES string of the molecule is CC(C)(C)OC(=O)C(=O)Nc1sc2c(c1C(=O)O)C1CCCN(C2)C1. The van der Waals surface area contributed by atoms with E-state index in [-0.39, 0.29) is 16.5 Å². The highest BCUT2D eigenvalue weighted by molar-refractivity contribution is 7.17. The Kier molecular flexibility index (Phi) is 4.59. The Morgan fingerprint density at radius 3 is 2.68 bits per heavy atom. The van der Waals surface area contributed by atoms with Crippen molar-refractivity contribution >= 4 is 34.2 Å². The van der Waals surface area contributed by atoms with Crippen molar-refractivity contribution in [2.45, 2.75) is 51.7 Å². The monoisotopic (exact) mass is 366 g/mol. The molecule has 2 unspecified atom stereocenters. The number of esters is 1. The molecule has 1 saturated heterocycles. The smallest absolute Gasteiger partial charge is 0.397 e. The van der Waals surface area contributed by atoms with Gasteiger partial charge in [-0.05, 0) is 51.6 Å². The van der Waals surface area contributed by atoms with Crippen molar-refractivity contribution in [2.75, 3.05) is 18.4 Å². The molecule has 8 heteroatoms. The van der Waals surface area contributed by atoms with Gasteiger partial charge in [0.25, 0.3) is 0 Å². The highest BCUT2D eigenvalue weighted by Crippen LogP contribution is 2.45. The summed E-state index contributed by atoms with van der Waals surface area (Å²) in [5, 5.41) is 12.4. The number of carbonyl (C=O) groups is 3. The van der Waals surface area contributed by atoms with Crippen molar-refractivity contribution in [2.24, 2.45) is 0 Å². The average molecular weight is 366 g/mol. The van der Waals surface area contributed by atoms with Gasteiger partial charge in [-0.3, -0.25) is 9.69 Å². The molecule has 136 valence electrons. The molecule has 1 aromatic heterocycles. The Labute approximate surface area is 150 Å². The lowest BCUT2D eigenvalue weighted by molar-refractivity contribution is -0.161. The summed E-state index contributed by atoms with van der Waals surface area (Å²) in [6, 6.07) is 0. The van der Waals surface area contributed by atoms with Gasteiger partial charge in [0, 0.05) is 18.0 Å². The molecule has 2 N–H and O–H groups in total. The van der Waals surface area contributed by atoms with Crippen molar-refractivity contribution in [3.63, 3.8) is 0 Å². The second-order valence-corrected chi connectivity index (χ2v) is 8.58. The number of nitrogens with zero attached hydrogens (tertiary/aromatic N) is 1. The number of hydrogen-bond donors (Lipinski definition) is 2. The maximum Gasteiger partial charge on any atom is 0.397 e. The van der Waals surface area contributed by atoms with Crippen LogP contribution in [0.25, 0.3) is 0 Å². The molecular weight excluding hydrogens is 344 g/mol. The predicted octanol–water partition coefficient (Wildman–Crippen LogP) is 2.42. The summed E-state index contributed by atoms with van der Waals surface area (Å²) < 4.78 is 5.04. The maximum atomic E-state index is 12.1. The standard InChI is InChI=1S/C17H22N2O5S/c1-17(2,3)24-16(23)13(20)18-14-12(15(21)22)11-9-5-4-6-19(7-9)8-10(11)25-14/h9H,4-8H2,1-3H3,(H,18,20)(H,21,22). The third-order valence-corrected chi connectivity index (χ3v) is 5.43. The van der Waals surface area contributed by atoms with Gasteiger partial charge in [-0.1, -0.05) is 0 Å².